The number of hydrogen-bond donors (Lipinski definition) is 3. The first-order valence-electron chi connectivity index (χ1n) is 7.71. The van der Waals surface area contributed by atoms with Crippen LogP contribution < -0.4 is 16.0 Å². The zero-order valence-corrected chi connectivity index (χ0v) is 15.1. The predicted molar refractivity (Wildman–Crippen MR) is 104 cm³/mol. The first-order valence-corrected chi connectivity index (χ1v) is 8.97. The minimum Gasteiger partial charge on any atom is -0.347 e. The molecule has 0 aliphatic rings. The Morgan fingerprint density at radius 3 is 2.46 bits per heavy atom. The fourth-order valence-corrected chi connectivity index (χ4v) is 2.90. The second-order valence-electron chi connectivity index (χ2n) is 5.29. The molecular weight excluding hydrogens is 372 g/mol. The SMILES string of the molecule is O=C(Nc1ccccc1)Nc1nc(C(=O)NCc2ccc(Cl)cc2)cs1. The molecule has 8 heteroatoms. The Morgan fingerprint density at radius 2 is 1.73 bits per heavy atom. The van der Waals surface area contributed by atoms with Crippen LogP contribution in [-0.2, 0) is 6.54 Å². The highest BCUT2D eigenvalue weighted by molar-refractivity contribution is 7.14. The number of halogens is 1. The van der Waals surface area contributed by atoms with Crippen LogP contribution in [0.4, 0.5) is 15.6 Å². The Kier molecular flexibility index (Phi) is 5.83. The average molecular weight is 387 g/mol. The first kappa shape index (κ1) is 17.9. The van der Waals surface area contributed by atoms with Crippen molar-refractivity contribution in [3.8, 4) is 0 Å². The summed E-state index contributed by atoms with van der Waals surface area (Å²) in [5.41, 5.74) is 1.85. The van der Waals surface area contributed by atoms with E-state index >= 15 is 0 Å². The molecule has 0 fully saturated rings. The number of anilines is 2. The maximum Gasteiger partial charge on any atom is 0.325 e. The number of hydrogen-bond acceptors (Lipinski definition) is 4. The van der Waals surface area contributed by atoms with Crippen LogP contribution in [0.1, 0.15) is 16.1 Å². The Morgan fingerprint density at radius 1 is 1.00 bits per heavy atom. The van der Waals surface area contributed by atoms with Crippen molar-refractivity contribution in [3.05, 3.63) is 76.3 Å². The smallest absolute Gasteiger partial charge is 0.325 e. The number of thiazole rings is 1. The summed E-state index contributed by atoms with van der Waals surface area (Å²) in [4.78, 5) is 28.2. The second kappa shape index (κ2) is 8.46. The van der Waals surface area contributed by atoms with Crippen LogP contribution >= 0.6 is 22.9 Å². The quantitative estimate of drug-likeness (QED) is 0.608. The van der Waals surface area contributed by atoms with E-state index in [4.69, 9.17) is 11.6 Å². The molecule has 6 nitrogen and oxygen atoms in total. The Bertz CT molecular complexity index is 897. The molecule has 26 heavy (non-hydrogen) atoms. The zero-order chi connectivity index (χ0) is 18.4. The molecule has 3 amide bonds. The van der Waals surface area contributed by atoms with E-state index in [0.717, 1.165) is 5.56 Å². The number of benzene rings is 2. The number of carbonyl (C=O) groups is 2. The predicted octanol–water partition coefficient (Wildman–Crippen LogP) is 4.37. The van der Waals surface area contributed by atoms with Gasteiger partial charge < -0.3 is 10.6 Å². The van der Waals surface area contributed by atoms with Gasteiger partial charge in [0.25, 0.3) is 5.91 Å². The molecule has 0 unspecified atom stereocenters. The fourth-order valence-electron chi connectivity index (χ4n) is 2.09. The average Bonchev–Trinajstić information content (AvgIpc) is 3.10. The van der Waals surface area contributed by atoms with Gasteiger partial charge in [0.2, 0.25) is 0 Å². The zero-order valence-electron chi connectivity index (χ0n) is 13.5. The van der Waals surface area contributed by atoms with Crippen LogP contribution in [0.2, 0.25) is 5.02 Å². The lowest BCUT2D eigenvalue weighted by Crippen LogP contribution is -2.23. The highest BCUT2D eigenvalue weighted by Crippen LogP contribution is 2.16. The van der Waals surface area contributed by atoms with Gasteiger partial charge in [-0.1, -0.05) is 41.9 Å². The number of aromatic nitrogens is 1. The molecule has 0 atom stereocenters. The van der Waals surface area contributed by atoms with Crippen LogP contribution in [-0.4, -0.2) is 16.9 Å². The molecule has 0 aliphatic carbocycles. The summed E-state index contributed by atoms with van der Waals surface area (Å²) in [7, 11) is 0. The second-order valence-corrected chi connectivity index (χ2v) is 6.59. The third kappa shape index (κ3) is 5.05. The molecule has 2 aromatic carbocycles. The van der Waals surface area contributed by atoms with E-state index in [1.54, 1.807) is 29.6 Å². The summed E-state index contributed by atoms with van der Waals surface area (Å²) < 4.78 is 0. The van der Waals surface area contributed by atoms with Gasteiger partial charge in [-0.15, -0.1) is 11.3 Å². The van der Waals surface area contributed by atoms with E-state index in [-0.39, 0.29) is 11.6 Å². The van der Waals surface area contributed by atoms with E-state index in [2.05, 4.69) is 20.9 Å². The molecule has 0 spiro atoms. The number of carbonyl (C=O) groups excluding carboxylic acids is 2. The lowest BCUT2D eigenvalue weighted by Gasteiger charge is -2.05. The summed E-state index contributed by atoms with van der Waals surface area (Å²) in [6.07, 6.45) is 0. The van der Waals surface area contributed by atoms with Gasteiger partial charge in [0.1, 0.15) is 5.69 Å². The van der Waals surface area contributed by atoms with Gasteiger partial charge >= 0.3 is 6.03 Å². The number of nitrogens with one attached hydrogen (secondary N) is 3. The highest BCUT2D eigenvalue weighted by Gasteiger charge is 2.12. The van der Waals surface area contributed by atoms with Crippen molar-refractivity contribution in [3.63, 3.8) is 0 Å². The van der Waals surface area contributed by atoms with Crippen LogP contribution in [0.3, 0.4) is 0 Å². The van der Waals surface area contributed by atoms with Crippen LogP contribution in [0.5, 0.6) is 0 Å². The summed E-state index contributed by atoms with van der Waals surface area (Å²) in [6.45, 7) is 0.366. The van der Waals surface area contributed by atoms with E-state index in [1.807, 2.05) is 30.3 Å². The first-order chi connectivity index (χ1) is 12.6. The van der Waals surface area contributed by atoms with Gasteiger partial charge in [0, 0.05) is 22.6 Å². The lowest BCUT2D eigenvalue weighted by atomic mass is 10.2. The lowest BCUT2D eigenvalue weighted by molar-refractivity contribution is 0.0946. The van der Waals surface area contributed by atoms with Crippen molar-refractivity contribution < 1.29 is 9.59 Å². The molecular formula is C18H15ClN4O2S. The van der Waals surface area contributed by atoms with E-state index in [1.165, 1.54) is 11.3 Å². The van der Waals surface area contributed by atoms with Crippen LogP contribution in [0, 0.1) is 0 Å². The van der Waals surface area contributed by atoms with Crippen molar-refractivity contribution in [1.29, 1.82) is 0 Å². The number of rotatable bonds is 5. The van der Waals surface area contributed by atoms with E-state index < -0.39 is 6.03 Å². The summed E-state index contributed by atoms with van der Waals surface area (Å²) in [5, 5.41) is 10.6. The van der Waals surface area contributed by atoms with Crippen molar-refractivity contribution in [2.24, 2.45) is 0 Å². The minimum absolute atomic E-state index is 0.249. The highest BCUT2D eigenvalue weighted by atomic mass is 35.5. The number of urea groups is 1. The monoisotopic (exact) mass is 386 g/mol. The minimum atomic E-state index is -0.418. The molecule has 3 rings (SSSR count). The van der Waals surface area contributed by atoms with Crippen LogP contribution in [0.15, 0.2) is 60.0 Å². The largest absolute Gasteiger partial charge is 0.347 e. The maximum atomic E-state index is 12.2. The molecule has 3 N–H and O–H groups in total. The third-order valence-corrected chi connectivity index (χ3v) is 4.36. The Balaban J connectivity index is 1.52. The van der Waals surface area contributed by atoms with Crippen molar-refractivity contribution in [2.45, 2.75) is 6.54 Å². The molecule has 0 bridgehead atoms. The van der Waals surface area contributed by atoms with Gasteiger partial charge in [0.05, 0.1) is 0 Å². The number of nitrogens with zero attached hydrogens (tertiary/aromatic N) is 1. The summed E-state index contributed by atoms with van der Waals surface area (Å²) in [5.74, 6) is -0.312. The molecule has 0 saturated heterocycles. The molecule has 0 aliphatic heterocycles. The molecule has 132 valence electrons. The van der Waals surface area contributed by atoms with E-state index in [0.29, 0.717) is 22.4 Å². The van der Waals surface area contributed by atoms with Crippen molar-refractivity contribution in [2.75, 3.05) is 10.6 Å². The topological polar surface area (TPSA) is 83.1 Å². The molecule has 1 heterocycles. The normalized spacial score (nSPS) is 10.2. The standard InChI is InChI=1S/C18H15ClN4O2S/c19-13-8-6-12(7-9-13)10-20-16(24)15-11-26-18(22-15)23-17(25)21-14-4-2-1-3-5-14/h1-9,11H,10H2,(H,20,24)(H2,21,22,23,25). The van der Waals surface area contributed by atoms with Crippen LogP contribution in [0.25, 0.3) is 0 Å². The van der Waals surface area contributed by atoms with Gasteiger partial charge in [-0.25, -0.2) is 9.78 Å². The molecule has 0 radical (unpaired) electrons. The van der Waals surface area contributed by atoms with Gasteiger partial charge in [-0.2, -0.15) is 0 Å². The molecule has 3 aromatic rings. The van der Waals surface area contributed by atoms with Crippen molar-refractivity contribution in [1.82, 2.24) is 10.3 Å². The number of amides is 3. The fraction of sp³-hybridized carbons (Fsp3) is 0.0556. The maximum absolute atomic E-state index is 12.2. The Labute approximate surface area is 159 Å². The van der Waals surface area contributed by atoms with Gasteiger partial charge in [-0.3, -0.25) is 10.1 Å². The number of para-hydroxylation sites is 1. The van der Waals surface area contributed by atoms with E-state index in [9.17, 15) is 9.59 Å². The van der Waals surface area contributed by atoms with Gasteiger partial charge in [0.15, 0.2) is 5.13 Å². The Hall–Kier alpha value is -2.90. The summed E-state index contributed by atoms with van der Waals surface area (Å²) in [6, 6.07) is 15.8. The molecule has 1 aromatic heterocycles. The van der Waals surface area contributed by atoms with Crippen molar-refractivity contribution >= 4 is 45.7 Å². The molecule has 0 saturated carbocycles. The van der Waals surface area contributed by atoms with Gasteiger partial charge in [-0.05, 0) is 29.8 Å². The third-order valence-electron chi connectivity index (χ3n) is 3.36. The summed E-state index contributed by atoms with van der Waals surface area (Å²) >= 11 is 7.01.